The molecule has 0 heterocycles. The summed E-state index contributed by atoms with van der Waals surface area (Å²) in [5.41, 5.74) is 0.392. The summed E-state index contributed by atoms with van der Waals surface area (Å²) in [5, 5.41) is 6.36. The highest BCUT2D eigenvalue weighted by Crippen LogP contribution is 1.95. The Kier molecular flexibility index (Phi) is 11.9. The number of nitrogens with one attached hydrogen (secondary N) is 2. The Morgan fingerprint density at radius 1 is 1.09 bits per heavy atom. The van der Waals surface area contributed by atoms with Crippen LogP contribution in [0.25, 0.3) is 0 Å². The van der Waals surface area contributed by atoms with Crippen LogP contribution < -0.4 is 10.6 Å². The zero-order chi connectivity index (χ0) is 17.7. The van der Waals surface area contributed by atoms with Crippen LogP contribution in [0.15, 0.2) is 24.3 Å². The van der Waals surface area contributed by atoms with Crippen molar-refractivity contribution in [2.45, 2.75) is 46.2 Å². The van der Waals surface area contributed by atoms with E-state index in [2.05, 4.69) is 17.2 Å². The largest absolute Gasteiger partial charge is 0.461 e. The molecule has 0 spiro atoms. The number of hydrogen-bond acceptors (Lipinski definition) is 6. The molecule has 1 atom stereocenters. The highest BCUT2D eigenvalue weighted by Gasteiger charge is 2.04. The van der Waals surface area contributed by atoms with Gasteiger partial charge >= 0.3 is 11.9 Å². The standard InChI is InChI=1S/C17H30N2O4/c1-13(2)17(21)23-12-10-19-15(5)7-6-8-16(20)22-11-9-18-14(3)4/h6,8,14-15,18-19H,1,7,9-12H2,2-5H3. The van der Waals surface area contributed by atoms with Gasteiger partial charge in [0.05, 0.1) is 0 Å². The van der Waals surface area contributed by atoms with Crippen LogP contribution in [-0.2, 0) is 19.1 Å². The molecule has 0 fully saturated rings. The summed E-state index contributed by atoms with van der Waals surface area (Å²) in [6.07, 6.45) is 3.90. The molecule has 0 aromatic rings. The molecule has 0 rings (SSSR count). The number of hydrogen-bond donors (Lipinski definition) is 2. The van der Waals surface area contributed by atoms with E-state index in [1.54, 1.807) is 13.0 Å². The Bertz CT molecular complexity index is 405. The number of rotatable bonds is 12. The minimum Gasteiger partial charge on any atom is -0.461 e. The summed E-state index contributed by atoms with van der Waals surface area (Å²) in [6.45, 7) is 13.1. The van der Waals surface area contributed by atoms with Crippen LogP contribution in [0.3, 0.4) is 0 Å². The van der Waals surface area contributed by atoms with E-state index in [0.717, 1.165) is 0 Å². The third-order valence-electron chi connectivity index (χ3n) is 2.82. The van der Waals surface area contributed by atoms with E-state index in [1.807, 2.05) is 20.8 Å². The van der Waals surface area contributed by atoms with Gasteiger partial charge in [0, 0.05) is 36.8 Å². The summed E-state index contributed by atoms with van der Waals surface area (Å²) >= 11 is 0. The van der Waals surface area contributed by atoms with Crippen LogP contribution in [0.1, 0.15) is 34.1 Å². The molecular formula is C17H30N2O4. The minimum absolute atomic E-state index is 0.171. The molecule has 132 valence electrons. The monoisotopic (exact) mass is 326 g/mol. The summed E-state index contributed by atoms with van der Waals surface area (Å²) in [6, 6.07) is 0.552. The second kappa shape index (κ2) is 12.8. The van der Waals surface area contributed by atoms with E-state index in [0.29, 0.717) is 44.3 Å². The fourth-order valence-electron chi connectivity index (χ4n) is 1.57. The molecular weight excluding hydrogens is 296 g/mol. The van der Waals surface area contributed by atoms with E-state index < -0.39 is 0 Å². The Balaban J connectivity index is 3.67. The third-order valence-corrected chi connectivity index (χ3v) is 2.82. The van der Waals surface area contributed by atoms with Crippen molar-refractivity contribution in [3.8, 4) is 0 Å². The molecule has 0 aliphatic heterocycles. The van der Waals surface area contributed by atoms with Crippen molar-refractivity contribution in [1.29, 1.82) is 0 Å². The summed E-state index contributed by atoms with van der Waals surface area (Å²) in [5.74, 6) is -0.716. The molecule has 0 saturated carbocycles. The first-order chi connectivity index (χ1) is 10.8. The van der Waals surface area contributed by atoms with Crippen LogP contribution in [0.5, 0.6) is 0 Å². The zero-order valence-corrected chi connectivity index (χ0v) is 14.7. The van der Waals surface area contributed by atoms with E-state index in [1.165, 1.54) is 6.08 Å². The van der Waals surface area contributed by atoms with Crippen molar-refractivity contribution in [2.75, 3.05) is 26.3 Å². The fourth-order valence-corrected chi connectivity index (χ4v) is 1.57. The Hall–Kier alpha value is -1.66. The topological polar surface area (TPSA) is 76.7 Å². The second-order valence-electron chi connectivity index (χ2n) is 5.69. The molecule has 0 saturated heterocycles. The Labute approximate surface area is 139 Å². The van der Waals surface area contributed by atoms with Crippen molar-refractivity contribution in [3.05, 3.63) is 24.3 Å². The van der Waals surface area contributed by atoms with Gasteiger partial charge in [-0.05, 0) is 20.3 Å². The van der Waals surface area contributed by atoms with Crippen molar-refractivity contribution in [1.82, 2.24) is 10.6 Å². The van der Waals surface area contributed by atoms with E-state index in [-0.39, 0.29) is 18.0 Å². The maximum absolute atomic E-state index is 11.4. The van der Waals surface area contributed by atoms with Gasteiger partial charge in [-0.25, -0.2) is 9.59 Å². The SMILES string of the molecule is C=C(C)C(=O)OCCNC(C)CC=CC(=O)OCCNC(C)C. The van der Waals surface area contributed by atoms with Crippen molar-refractivity contribution in [2.24, 2.45) is 0 Å². The molecule has 6 nitrogen and oxygen atoms in total. The molecule has 0 aliphatic carbocycles. The third kappa shape index (κ3) is 13.7. The molecule has 0 aliphatic rings. The molecule has 6 heteroatoms. The minimum atomic E-state index is -0.381. The van der Waals surface area contributed by atoms with Crippen LogP contribution in [0, 0.1) is 0 Å². The van der Waals surface area contributed by atoms with Gasteiger partial charge < -0.3 is 20.1 Å². The lowest BCUT2D eigenvalue weighted by molar-refractivity contribution is -0.139. The number of carbonyl (C=O) groups is 2. The van der Waals surface area contributed by atoms with Crippen LogP contribution in [0.4, 0.5) is 0 Å². The van der Waals surface area contributed by atoms with Gasteiger partial charge in [-0.2, -0.15) is 0 Å². The lowest BCUT2D eigenvalue weighted by atomic mass is 10.2. The van der Waals surface area contributed by atoms with Gasteiger partial charge in [0.1, 0.15) is 13.2 Å². The molecule has 0 aromatic heterocycles. The lowest BCUT2D eigenvalue weighted by Crippen LogP contribution is -2.29. The molecule has 0 radical (unpaired) electrons. The number of carbonyl (C=O) groups excluding carboxylic acids is 2. The number of ether oxygens (including phenoxy) is 2. The Morgan fingerprint density at radius 2 is 1.70 bits per heavy atom. The molecule has 0 aromatic carbocycles. The van der Waals surface area contributed by atoms with E-state index >= 15 is 0 Å². The maximum Gasteiger partial charge on any atom is 0.333 e. The molecule has 23 heavy (non-hydrogen) atoms. The quantitative estimate of drug-likeness (QED) is 0.322. The van der Waals surface area contributed by atoms with E-state index in [4.69, 9.17) is 9.47 Å². The predicted octanol–water partition coefficient (Wildman–Crippen LogP) is 1.57. The molecule has 0 bridgehead atoms. The van der Waals surface area contributed by atoms with Crippen molar-refractivity contribution in [3.63, 3.8) is 0 Å². The summed E-state index contributed by atoms with van der Waals surface area (Å²) in [4.78, 5) is 22.6. The first-order valence-electron chi connectivity index (χ1n) is 7.95. The van der Waals surface area contributed by atoms with Gasteiger partial charge in [-0.3, -0.25) is 0 Å². The zero-order valence-electron chi connectivity index (χ0n) is 14.7. The fraction of sp³-hybridized carbons (Fsp3) is 0.647. The highest BCUT2D eigenvalue weighted by molar-refractivity contribution is 5.86. The first kappa shape index (κ1) is 21.3. The van der Waals surface area contributed by atoms with Crippen LogP contribution in [0.2, 0.25) is 0 Å². The Morgan fingerprint density at radius 3 is 2.30 bits per heavy atom. The molecule has 2 N–H and O–H groups in total. The normalized spacial score (nSPS) is 12.4. The van der Waals surface area contributed by atoms with Crippen LogP contribution >= 0.6 is 0 Å². The first-order valence-corrected chi connectivity index (χ1v) is 7.95. The second-order valence-corrected chi connectivity index (χ2v) is 5.69. The highest BCUT2D eigenvalue weighted by atomic mass is 16.5. The summed E-state index contributed by atoms with van der Waals surface area (Å²) in [7, 11) is 0. The molecule has 1 unspecified atom stereocenters. The van der Waals surface area contributed by atoms with Gasteiger partial charge in [-0.1, -0.05) is 26.5 Å². The summed E-state index contributed by atoms with van der Waals surface area (Å²) < 4.78 is 10.0. The average Bonchev–Trinajstić information content (AvgIpc) is 2.47. The predicted molar refractivity (Wildman–Crippen MR) is 91.1 cm³/mol. The smallest absolute Gasteiger partial charge is 0.333 e. The van der Waals surface area contributed by atoms with Gasteiger partial charge in [-0.15, -0.1) is 0 Å². The maximum atomic E-state index is 11.4. The van der Waals surface area contributed by atoms with Gasteiger partial charge in [0.15, 0.2) is 0 Å². The molecule has 0 amide bonds. The van der Waals surface area contributed by atoms with E-state index in [9.17, 15) is 9.59 Å². The average molecular weight is 326 g/mol. The van der Waals surface area contributed by atoms with Gasteiger partial charge in [0.25, 0.3) is 0 Å². The van der Waals surface area contributed by atoms with Crippen molar-refractivity contribution < 1.29 is 19.1 Å². The van der Waals surface area contributed by atoms with Crippen molar-refractivity contribution >= 4 is 11.9 Å². The lowest BCUT2D eigenvalue weighted by Gasteiger charge is -2.11. The van der Waals surface area contributed by atoms with Crippen LogP contribution in [-0.4, -0.2) is 50.3 Å². The number of esters is 2. The van der Waals surface area contributed by atoms with Gasteiger partial charge in [0.2, 0.25) is 0 Å².